The van der Waals surface area contributed by atoms with Crippen LogP contribution in [0.3, 0.4) is 0 Å². The van der Waals surface area contributed by atoms with Crippen LogP contribution in [0.2, 0.25) is 0 Å². The topological polar surface area (TPSA) is 68.3 Å². The third kappa shape index (κ3) is 7.12. The first kappa shape index (κ1) is 22.8. The number of ether oxygens (including phenoxy) is 3. The molecule has 0 spiro atoms. The van der Waals surface area contributed by atoms with Crippen molar-refractivity contribution in [2.75, 3.05) is 53.6 Å². The number of halogens is 3. The van der Waals surface area contributed by atoms with Crippen LogP contribution >= 0.6 is 0 Å². The lowest BCUT2D eigenvalue weighted by Gasteiger charge is -2.34. The number of hydrogen-bond acceptors (Lipinski definition) is 5. The van der Waals surface area contributed by atoms with E-state index in [0.29, 0.717) is 32.6 Å². The van der Waals surface area contributed by atoms with Crippen molar-refractivity contribution in [3.8, 4) is 11.5 Å². The Morgan fingerprint density at radius 2 is 1.62 bits per heavy atom. The highest BCUT2D eigenvalue weighted by Crippen LogP contribution is 2.30. The predicted octanol–water partition coefficient (Wildman–Crippen LogP) is 1.89. The maximum atomic E-state index is 12.4. The molecule has 0 saturated carbocycles. The molecule has 162 valence electrons. The summed E-state index contributed by atoms with van der Waals surface area (Å²) in [6.07, 6.45) is -3.77. The molecule has 1 saturated heterocycles. The zero-order valence-corrected chi connectivity index (χ0v) is 16.5. The Balaban J connectivity index is 1.85. The van der Waals surface area contributed by atoms with Crippen LogP contribution in [0.15, 0.2) is 18.2 Å². The van der Waals surface area contributed by atoms with Crippen LogP contribution in [0.1, 0.15) is 12.0 Å². The van der Waals surface area contributed by atoms with Crippen molar-refractivity contribution >= 4 is 11.8 Å². The monoisotopic (exact) mass is 418 g/mol. The normalized spacial score (nSPS) is 14.7. The van der Waals surface area contributed by atoms with E-state index in [0.717, 1.165) is 5.56 Å². The summed E-state index contributed by atoms with van der Waals surface area (Å²) >= 11 is 0. The molecular weight excluding hydrogens is 393 g/mol. The number of carbonyl (C=O) groups excluding carboxylic acids is 2. The molecule has 2 amide bonds. The number of methoxy groups -OCH3 is 2. The molecule has 10 heteroatoms. The first-order valence-electron chi connectivity index (χ1n) is 9.14. The van der Waals surface area contributed by atoms with E-state index in [-0.39, 0.29) is 36.3 Å². The summed E-state index contributed by atoms with van der Waals surface area (Å²) in [6.45, 7) is 0.474. The molecule has 7 nitrogen and oxygen atoms in total. The molecule has 0 atom stereocenters. The Labute approximate surface area is 167 Å². The summed E-state index contributed by atoms with van der Waals surface area (Å²) in [5.74, 6) is 0.0425. The molecule has 0 aromatic heterocycles. The van der Waals surface area contributed by atoms with Gasteiger partial charge < -0.3 is 24.0 Å². The average Bonchev–Trinajstić information content (AvgIpc) is 2.70. The Bertz CT molecular complexity index is 704. The van der Waals surface area contributed by atoms with Crippen LogP contribution in [0, 0.1) is 0 Å². The highest BCUT2D eigenvalue weighted by Gasteiger charge is 2.29. The molecular formula is C19H25F3N2O5. The minimum absolute atomic E-state index is 0.00301. The van der Waals surface area contributed by atoms with Crippen molar-refractivity contribution in [3.05, 3.63) is 23.8 Å². The van der Waals surface area contributed by atoms with E-state index in [4.69, 9.17) is 14.2 Å². The van der Waals surface area contributed by atoms with Crippen molar-refractivity contribution in [2.24, 2.45) is 0 Å². The molecule has 29 heavy (non-hydrogen) atoms. The fourth-order valence-corrected chi connectivity index (χ4v) is 2.98. The fourth-order valence-electron chi connectivity index (χ4n) is 2.98. The summed E-state index contributed by atoms with van der Waals surface area (Å²) in [6, 6.07) is 4.59. The predicted molar refractivity (Wildman–Crippen MR) is 97.9 cm³/mol. The van der Waals surface area contributed by atoms with E-state index in [1.807, 2.05) is 0 Å². The minimum Gasteiger partial charge on any atom is -0.493 e. The number of rotatable bonds is 8. The maximum absolute atomic E-state index is 12.4. The van der Waals surface area contributed by atoms with E-state index >= 15 is 0 Å². The number of hydrogen-bond donors (Lipinski definition) is 0. The molecule has 0 N–H and O–H groups in total. The number of amides is 2. The molecule has 1 heterocycles. The van der Waals surface area contributed by atoms with Gasteiger partial charge in [-0.2, -0.15) is 13.2 Å². The van der Waals surface area contributed by atoms with E-state index in [1.165, 1.54) is 20.3 Å². The molecule has 2 rings (SSSR count). The SMILES string of the molecule is COCC(=O)N1CCN(C(=O)CCc2ccc(OCC(F)(F)F)c(OC)c2)CC1. The number of alkyl halides is 3. The lowest BCUT2D eigenvalue weighted by Crippen LogP contribution is -2.51. The number of aryl methyl sites for hydroxylation is 1. The molecule has 0 radical (unpaired) electrons. The largest absolute Gasteiger partial charge is 0.493 e. The number of piperazine rings is 1. The molecule has 0 aliphatic carbocycles. The highest BCUT2D eigenvalue weighted by molar-refractivity contribution is 5.79. The number of carbonyl (C=O) groups is 2. The summed E-state index contributed by atoms with van der Waals surface area (Å²) in [5.41, 5.74) is 0.753. The van der Waals surface area contributed by atoms with Gasteiger partial charge >= 0.3 is 6.18 Å². The van der Waals surface area contributed by atoms with Crippen LogP contribution in [0.5, 0.6) is 11.5 Å². The van der Waals surface area contributed by atoms with Gasteiger partial charge in [-0.1, -0.05) is 6.07 Å². The Morgan fingerprint density at radius 1 is 1.00 bits per heavy atom. The summed E-state index contributed by atoms with van der Waals surface area (Å²) in [7, 11) is 2.80. The lowest BCUT2D eigenvalue weighted by molar-refractivity contribution is -0.153. The van der Waals surface area contributed by atoms with Gasteiger partial charge in [-0.05, 0) is 24.1 Å². The van der Waals surface area contributed by atoms with Crippen LogP contribution in [-0.4, -0.2) is 81.4 Å². The average molecular weight is 418 g/mol. The van der Waals surface area contributed by atoms with Gasteiger partial charge in [0.2, 0.25) is 11.8 Å². The van der Waals surface area contributed by atoms with Crippen molar-refractivity contribution in [1.29, 1.82) is 0 Å². The third-order valence-electron chi connectivity index (χ3n) is 4.50. The zero-order chi connectivity index (χ0) is 21.4. The molecule has 1 aliphatic rings. The Morgan fingerprint density at radius 3 is 2.17 bits per heavy atom. The van der Waals surface area contributed by atoms with Crippen LogP contribution in [0.4, 0.5) is 13.2 Å². The van der Waals surface area contributed by atoms with Gasteiger partial charge in [0.05, 0.1) is 7.11 Å². The molecule has 0 bridgehead atoms. The molecule has 1 aromatic rings. The smallest absolute Gasteiger partial charge is 0.422 e. The minimum atomic E-state index is -4.44. The van der Waals surface area contributed by atoms with Crippen LogP contribution in [0.25, 0.3) is 0 Å². The molecule has 0 unspecified atom stereocenters. The van der Waals surface area contributed by atoms with Gasteiger partial charge in [0.1, 0.15) is 6.61 Å². The molecule has 1 aromatic carbocycles. The van der Waals surface area contributed by atoms with E-state index in [2.05, 4.69) is 0 Å². The number of benzene rings is 1. The molecule has 1 fully saturated rings. The highest BCUT2D eigenvalue weighted by atomic mass is 19.4. The second-order valence-corrected chi connectivity index (χ2v) is 6.58. The quantitative estimate of drug-likeness (QED) is 0.645. The second kappa shape index (κ2) is 10.3. The fraction of sp³-hybridized carbons (Fsp3) is 0.579. The zero-order valence-electron chi connectivity index (χ0n) is 16.5. The van der Waals surface area contributed by atoms with Gasteiger partial charge in [-0.3, -0.25) is 9.59 Å². The van der Waals surface area contributed by atoms with Gasteiger partial charge in [0, 0.05) is 39.7 Å². The third-order valence-corrected chi connectivity index (χ3v) is 4.50. The van der Waals surface area contributed by atoms with E-state index in [1.54, 1.807) is 21.9 Å². The first-order chi connectivity index (χ1) is 13.7. The second-order valence-electron chi connectivity index (χ2n) is 6.58. The van der Waals surface area contributed by atoms with Crippen molar-refractivity contribution in [1.82, 2.24) is 9.80 Å². The maximum Gasteiger partial charge on any atom is 0.422 e. The molecule has 1 aliphatic heterocycles. The summed E-state index contributed by atoms with van der Waals surface area (Å²) in [5, 5.41) is 0. The standard InChI is InChI=1S/C19H25F3N2O5/c1-27-12-18(26)24-9-7-23(8-10-24)17(25)6-4-14-3-5-15(16(11-14)28-2)29-13-19(20,21)22/h3,5,11H,4,6-10,12-13H2,1-2H3. The van der Waals surface area contributed by atoms with E-state index < -0.39 is 12.8 Å². The summed E-state index contributed by atoms with van der Waals surface area (Å²) in [4.78, 5) is 27.6. The van der Waals surface area contributed by atoms with Crippen LogP contribution in [-0.2, 0) is 20.7 Å². The Kier molecular flexibility index (Phi) is 8.12. The Hall–Kier alpha value is -2.49. The van der Waals surface area contributed by atoms with Gasteiger partial charge in [-0.25, -0.2) is 0 Å². The number of nitrogens with zero attached hydrogens (tertiary/aromatic N) is 2. The lowest BCUT2D eigenvalue weighted by atomic mass is 10.1. The van der Waals surface area contributed by atoms with Gasteiger partial charge in [-0.15, -0.1) is 0 Å². The van der Waals surface area contributed by atoms with Gasteiger partial charge in [0.15, 0.2) is 18.1 Å². The van der Waals surface area contributed by atoms with Crippen LogP contribution < -0.4 is 9.47 Å². The van der Waals surface area contributed by atoms with Crippen molar-refractivity contribution in [2.45, 2.75) is 19.0 Å². The first-order valence-corrected chi connectivity index (χ1v) is 9.14. The van der Waals surface area contributed by atoms with E-state index in [9.17, 15) is 22.8 Å². The summed E-state index contributed by atoms with van der Waals surface area (Å²) < 4.78 is 51.6. The van der Waals surface area contributed by atoms with Gasteiger partial charge in [0.25, 0.3) is 0 Å². The van der Waals surface area contributed by atoms with Crippen molar-refractivity contribution < 1.29 is 37.0 Å². The van der Waals surface area contributed by atoms with Crippen molar-refractivity contribution in [3.63, 3.8) is 0 Å².